The van der Waals surface area contributed by atoms with Gasteiger partial charge in [-0.25, -0.2) is 9.69 Å². The van der Waals surface area contributed by atoms with Gasteiger partial charge in [0.15, 0.2) is 11.5 Å². The highest BCUT2D eigenvalue weighted by molar-refractivity contribution is 6.42. The molecule has 0 unspecified atom stereocenters. The van der Waals surface area contributed by atoms with Crippen LogP contribution in [0.15, 0.2) is 84.4 Å². The number of ether oxygens (including phenoxy) is 3. The molecule has 0 saturated carbocycles. The molecule has 1 heterocycles. The molecule has 224 valence electrons. The molecule has 0 radical (unpaired) electrons. The zero-order valence-corrected chi connectivity index (χ0v) is 25.9. The van der Waals surface area contributed by atoms with Gasteiger partial charge < -0.3 is 14.2 Å². The number of nitrogens with zero attached hydrogens (tertiary/aromatic N) is 1. The van der Waals surface area contributed by atoms with Crippen molar-refractivity contribution in [3.8, 4) is 17.2 Å². The zero-order chi connectivity index (χ0) is 31.4. The van der Waals surface area contributed by atoms with Crippen molar-refractivity contribution in [2.75, 3.05) is 12.0 Å². The molecule has 1 N–H and O–H groups in total. The largest absolute Gasteiger partial charge is 0.493 e. The third-order valence-electron chi connectivity index (χ3n) is 6.48. The number of anilines is 1. The van der Waals surface area contributed by atoms with Crippen molar-refractivity contribution in [2.45, 2.75) is 13.2 Å². The number of benzene rings is 4. The minimum Gasteiger partial charge on any atom is -0.493 e. The summed E-state index contributed by atoms with van der Waals surface area (Å²) in [5.74, 6) is -0.679. The van der Waals surface area contributed by atoms with Crippen LogP contribution in [-0.4, -0.2) is 25.0 Å². The molecule has 0 bridgehead atoms. The summed E-state index contributed by atoms with van der Waals surface area (Å²) >= 11 is 24.8. The molecular formula is C32H22Cl4N2O6. The maximum absolute atomic E-state index is 13.4. The molecule has 0 atom stereocenters. The first-order valence-corrected chi connectivity index (χ1v) is 14.5. The summed E-state index contributed by atoms with van der Waals surface area (Å²) in [5, 5.41) is 3.75. The molecule has 44 heavy (non-hydrogen) atoms. The van der Waals surface area contributed by atoms with Gasteiger partial charge in [0.25, 0.3) is 11.8 Å². The van der Waals surface area contributed by atoms with Crippen molar-refractivity contribution in [3.63, 3.8) is 0 Å². The number of carbonyl (C=O) groups excluding carboxylic acids is 3. The van der Waals surface area contributed by atoms with Gasteiger partial charge in [-0.15, -0.1) is 0 Å². The number of barbiturate groups is 1. The Morgan fingerprint density at radius 2 is 1.52 bits per heavy atom. The van der Waals surface area contributed by atoms with Crippen LogP contribution < -0.4 is 24.4 Å². The summed E-state index contributed by atoms with van der Waals surface area (Å²) in [6.07, 6.45) is 1.31. The molecule has 0 aliphatic carbocycles. The van der Waals surface area contributed by atoms with Gasteiger partial charge in [-0.1, -0.05) is 70.7 Å². The van der Waals surface area contributed by atoms with E-state index in [9.17, 15) is 14.4 Å². The van der Waals surface area contributed by atoms with Crippen molar-refractivity contribution < 1.29 is 28.6 Å². The van der Waals surface area contributed by atoms with Gasteiger partial charge in [0.2, 0.25) is 0 Å². The fourth-order valence-corrected chi connectivity index (χ4v) is 5.06. The van der Waals surface area contributed by atoms with Crippen LogP contribution >= 0.6 is 46.4 Å². The lowest BCUT2D eigenvalue weighted by Crippen LogP contribution is -2.54. The van der Waals surface area contributed by atoms with E-state index in [1.807, 2.05) is 18.2 Å². The molecule has 0 aromatic heterocycles. The molecule has 1 aliphatic rings. The lowest BCUT2D eigenvalue weighted by molar-refractivity contribution is -0.122. The van der Waals surface area contributed by atoms with Crippen LogP contribution in [-0.2, 0) is 22.8 Å². The van der Waals surface area contributed by atoms with Gasteiger partial charge in [-0.05, 0) is 71.8 Å². The standard InChI is InChI=1S/C32H22Cl4N2O6/c1-42-28-15-19(14-27(36)29(28)44-16-18-6-11-25(34)26(35)13-18)12-23-30(39)37-32(41)38(31(23)40)21-7-9-22(10-8-21)43-17-20-4-2-3-5-24(20)33/h2-15H,16-17H2,1H3,(H,37,39,41)/b23-12+. The topological polar surface area (TPSA) is 94.2 Å². The molecule has 1 saturated heterocycles. The van der Waals surface area contributed by atoms with Gasteiger partial charge in [0.1, 0.15) is 24.5 Å². The highest BCUT2D eigenvalue weighted by Gasteiger charge is 2.37. The predicted octanol–water partition coefficient (Wildman–Crippen LogP) is 8.13. The van der Waals surface area contributed by atoms with Crippen molar-refractivity contribution in [2.24, 2.45) is 0 Å². The Hall–Kier alpha value is -4.21. The summed E-state index contributed by atoms with van der Waals surface area (Å²) < 4.78 is 17.1. The SMILES string of the molecule is COc1cc(/C=C2\C(=O)NC(=O)N(c3ccc(OCc4ccccc4Cl)cc3)C2=O)cc(Cl)c1OCc1ccc(Cl)c(Cl)c1. The van der Waals surface area contributed by atoms with Crippen molar-refractivity contribution >= 4 is 76.0 Å². The van der Waals surface area contributed by atoms with Gasteiger partial charge in [-0.2, -0.15) is 0 Å². The minimum atomic E-state index is -0.886. The number of hydrogen-bond donors (Lipinski definition) is 1. The van der Waals surface area contributed by atoms with Crippen LogP contribution in [0.25, 0.3) is 6.08 Å². The highest BCUT2D eigenvalue weighted by atomic mass is 35.5. The van der Waals surface area contributed by atoms with Crippen LogP contribution in [0.2, 0.25) is 20.1 Å². The molecule has 4 aromatic carbocycles. The fourth-order valence-electron chi connectivity index (χ4n) is 4.27. The first kappa shape index (κ1) is 31.2. The summed E-state index contributed by atoms with van der Waals surface area (Å²) in [5.41, 5.74) is 1.87. The molecule has 5 rings (SSSR count). The quantitative estimate of drug-likeness (QED) is 0.143. The lowest BCUT2D eigenvalue weighted by Gasteiger charge is -2.26. The Morgan fingerprint density at radius 1 is 0.773 bits per heavy atom. The Labute approximate surface area is 272 Å². The first-order valence-electron chi connectivity index (χ1n) is 13.0. The number of hydrogen-bond acceptors (Lipinski definition) is 6. The molecule has 0 spiro atoms. The fraction of sp³-hybridized carbons (Fsp3) is 0.0938. The van der Waals surface area contributed by atoms with Crippen molar-refractivity contribution in [1.82, 2.24) is 5.32 Å². The number of methoxy groups -OCH3 is 1. The van der Waals surface area contributed by atoms with E-state index in [1.54, 1.807) is 42.5 Å². The van der Waals surface area contributed by atoms with Crippen LogP contribution in [0.1, 0.15) is 16.7 Å². The smallest absolute Gasteiger partial charge is 0.335 e. The lowest BCUT2D eigenvalue weighted by atomic mass is 10.1. The number of halogens is 4. The minimum absolute atomic E-state index is 0.120. The molecule has 1 aliphatic heterocycles. The normalized spacial score (nSPS) is 14.1. The summed E-state index contributed by atoms with van der Waals surface area (Å²) in [6, 6.07) is 20.8. The van der Waals surface area contributed by atoms with Gasteiger partial charge in [0, 0.05) is 10.6 Å². The number of amides is 4. The number of urea groups is 1. The van der Waals surface area contributed by atoms with E-state index in [0.29, 0.717) is 26.4 Å². The van der Waals surface area contributed by atoms with E-state index in [4.69, 9.17) is 60.6 Å². The van der Waals surface area contributed by atoms with Crippen LogP contribution in [0, 0.1) is 0 Å². The van der Waals surface area contributed by atoms with Gasteiger partial charge in [0.05, 0.1) is 27.9 Å². The van der Waals surface area contributed by atoms with Gasteiger partial charge >= 0.3 is 6.03 Å². The molecule has 4 aromatic rings. The third kappa shape index (κ3) is 6.95. The Bertz CT molecular complexity index is 1790. The average molecular weight is 672 g/mol. The summed E-state index contributed by atoms with van der Waals surface area (Å²) in [7, 11) is 1.43. The Balaban J connectivity index is 1.34. The number of carbonyl (C=O) groups is 3. The highest BCUT2D eigenvalue weighted by Crippen LogP contribution is 2.38. The third-order valence-corrected chi connectivity index (χ3v) is 7.87. The predicted molar refractivity (Wildman–Crippen MR) is 170 cm³/mol. The Kier molecular flexibility index (Phi) is 9.66. The zero-order valence-electron chi connectivity index (χ0n) is 22.9. The van der Waals surface area contributed by atoms with E-state index in [2.05, 4.69) is 5.32 Å². The molecule has 8 nitrogen and oxygen atoms in total. The van der Waals surface area contributed by atoms with E-state index >= 15 is 0 Å². The van der Waals surface area contributed by atoms with Crippen LogP contribution in [0.3, 0.4) is 0 Å². The number of nitrogens with one attached hydrogen (secondary N) is 1. The van der Waals surface area contributed by atoms with E-state index in [-0.39, 0.29) is 41.0 Å². The monoisotopic (exact) mass is 670 g/mol. The van der Waals surface area contributed by atoms with E-state index in [1.165, 1.54) is 31.4 Å². The van der Waals surface area contributed by atoms with E-state index in [0.717, 1.165) is 16.0 Å². The molecule has 4 amide bonds. The second-order valence-electron chi connectivity index (χ2n) is 9.40. The maximum Gasteiger partial charge on any atom is 0.335 e. The van der Waals surface area contributed by atoms with Crippen molar-refractivity contribution in [1.29, 1.82) is 0 Å². The van der Waals surface area contributed by atoms with Crippen LogP contribution in [0.4, 0.5) is 10.5 Å². The van der Waals surface area contributed by atoms with E-state index < -0.39 is 17.8 Å². The first-order chi connectivity index (χ1) is 21.1. The number of imide groups is 2. The van der Waals surface area contributed by atoms with Crippen molar-refractivity contribution in [3.05, 3.63) is 121 Å². The molecule has 1 fully saturated rings. The second kappa shape index (κ2) is 13.6. The number of rotatable bonds is 9. The molecular weight excluding hydrogens is 650 g/mol. The van der Waals surface area contributed by atoms with Crippen LogP contribution in [0.5, 0.6) is 17.2 Å². The summed E-state index contributed by atoms with van der Waals surface area (Å²) in [4.78, 5) is 39.7. The van der Waals surface area contributed by atoms with Gasteiger partial charge in [-0.3, -0.25) is 14.9 Å². The average Bonchev–Trinajstić information content (AvgIpc) is 3.00. The summed E-state index contributed by atoms with van der Waals surface area (Å²) in [6.45, 7) is 0.351. The Morgan fingerprint density at radius 3 is 2.23 bits per heavy atom. The molecule has 12 heteroatoms. The second-order valence-corrected chi connectivity index (χ2v) is 11.0. The maximum atomic E-state index is 13.4.